The van der Waals surface area contributed by atoms with Crippen LogP contribution < -0.4 is 5.32 Å². The maximum atomic E-state index is 10.8. The number of carbonyl (C=O) groups is 1. The van der Waals surface area contributed by atoms with E-state index in [1.165, 1.54) is 12.4 Å². The van der Waals surface area contributed by atoms with Crippen LogP contribution in [-0.4, -0.2) is 21.0 Å². The lowest BCUT2D eigenvalue weighted by Gasteiger charge is -2.09. The highest BCUT2D eigenvalue weighted by molar-refractivity contribution is 6.31. The van der Waals surface area contributed by atoms with Crippen molar-refractivity contribution in [2.75, 3.05) is 5.32 Å². The molecule has 18 heavy (non-hydrogen) atoms. The van der Waals surface area contributed by atoms with Crippen molar-refractivity contribution >= 4 is 29.1 Å². The molecule has 0 fully saturated rings. The van der Waals surface area contributed by atoms with Gasteiger partial charge in [0.05, 0.1) is 0 Å². The minimum Gasteiger partial charge on any atom is -0.477 e. The van der Waals surface area contributed by atoms with Crippen molar-refractivity contribution in [3.8, 4) is 0 Å². The van der Waals surface area contributed by atoms with Crippen LogP contribution in [0.3, 0.4) is 0 Å². The topological polar surface area (TPSA) is 75.1 Å². The van der Waals surface area contributed by atoms with Gasteiger partial charge in [-0.3, -0.25) is 0 Å². The second kappa shape index (κ2) is 5.01. The molecule has 0 radical (unpaired) electrons. The molecule has 0 aliphatic rings. The van der Waals surface area contributed by atoms with Gasteiger partial charge < -0.3 is 10.4 Å². The van der Waals surface area contributed by atoms with Crippen LogP contribution in [0.15, 0.2) is 30.6 Å². The first-order valence-corrected chi connectivity index (χ1v) is 5.53. The van der Waals surface area contributed by atoms with Gasteiger partial charge in [-0.1, -0.05) is 17.7 Å². The summed E-state index contributed by atoms with van der Waals surface area (Å²) in [6.45, 7) is 1.87. The van der Waals surface area contributed by atoms with Crippen molar-refractivity contribution in [1.82, 2.24) is 9.97 Å². The monoisotopic (exact) mass is 263 g/mol. The Balaban J connectivity index is 2.31. The minimum absolute atomic E-state index is 0.0628. The molecule has 2 rings (SSSR count). The van der Waals surface area contributed by atoms with Gasteiger partial charge in [0.25, 0.3) is 0 Å². The number of anilines is 2. The van der Waals surface area contributed by atoms with Crippen molar-refractivity contribution in [1.29, 1.82) is 0 Å². The Morgan fingerprint density at radius 1 is 1.39 bits per heavy atom. The molecule has 92 valence electrons. The summed E-state index contributed by atoms with van der Waals surface area (Å²) in [5.41, 5.74) is 1.58. The molecular formula is C12H10ClN3O2. The van der Waals surface area contributed by atoms with Crippen LogP contribution in [0.2, 0.25) is 5.02 Å². The zero-order chi connectivity index (χ0) is 13.1. The van der Waals surface area contributed by atoms with Gasteiger partial charge in [-0.25, -0.2) is 14.8 Å². The third kappa shape index (κ3) is 2.57. The SMILES string of the molecule is Cc1c(Cl)cccc1Nc1cc(C(=O)O)ncn1. The third-order valence-electron chi connectivity index (χ3n) is 2.42. The molecule has 0 amide bonds. The molecule has 0 spiro atoms. The molecule has 1 aromatic heterocycles. The van der Waals surface area contributed by atoms with E-state index >= 15 is 0 Å². The van der Waals surface area contributed by atoms with Gasteiger partial charge >= 0.3 is 5.97 Å². The van der Waals surface area contributed by atoms with Crippen LogP contribution in [0.25, 0.3) is 0 Å². The van der Waals surface area contributed by atoms with Crippen LogP contribution >= 0.6 is 11.6 Å². The smallest absolute Gasteiger partial charge is 0.354 e. The van der Waals surface area contributed by atoms with Gasteiger partial charge in [0.2, 0.25) is 0 Å². The van der Waals surface area contributed by atoms with E-state index in [0.717, 1.165) is 11.3 Å². The lowest BCUT2D eigenvalue weighted by molar-refractivity contribution is 0.0690. The molecule has 0 unspecified atom stereocenters. The standard InChI is InChI=1S/C12H10ClN3O2/c1-7-8(13)3-2-4-9(7)16-11-5-10(12(17)18)14-6-15-11/h2-6H,1H3,(H,17,18)(H,14,15,16). The van der Waals surface area contributed by atoms with E-state index < -0.39 is 5.97 Å². The number of hydrogen-bond donors (Lipinski definition) is 2. The summed E-state index contributed by atoms with van der Waals surface area (Å²) in [7, 11) is 0. The lowest BCUT2D eigenvalue weighted by Crippen LogP contribution is -2.03. The highest BCUT2D eigenvalue weighted by Gasteiger charge is 2.07. The maximum Gasteiger partial charge on any atom is 0.354 e. The lowest BCUT2D eigenvalue weighted by atomic mass is 10.2. The number of hydrogen-bond acceptors (Lipinski definition) is 4. The number of carboxylic acid groups (broad SMARTS) is 1. The molecule has 0 bridgehead atoms. The molecule has 0 aliphatic carbocycles. The molecular weight excluding hydrogens is 254 g/mol. The molecule has 5 nitrogen and oxygen atoms in total. The van der Waals surface area contributed by atoms with Crippen LogP contribution in [0.5, 0.6) is 0 Å². The molecule has 1 aromatic carbocycles. The van der Waals surface area contributed by atoms with E-state index in [1.54, 1.807) is 12.1 Å². The number of nitrogens with zero attached hydrogens (tertiary/aromatic N) is 2. The number of rotatable bonds is 3. The summed E-state index contributed by atoms with van der Waals surface area (Å²) in [5, 5.41) is 12.5. The van der Waals surface area contributed by atoms with E-state index in [-0.39, 0.29) is 5.69 Å². The molecule has 0 aliphatic heterocycles. The Labute approximate surface area is 108 Å². The fourth-order valence-corrected chi connectivity index (χ4v) is 1.60. The van der Waals surface area contributed by atoms with Crippen LogP contribution in [0.1, 0.15) is 16.1 Å². The average molecular weight is 264 g/mol. The molecule has 0 atom stereocenters. The predicted octanol–water partition coefficient (Wildman–Crippen LogP) is 2.88. The van der Waals surface area contributed by atoms with E-state index in [4.69, 9.17) is 16.7 Å². The molecule has 1 heterocycles. The molecule has 0 saturated heterocycles. The Kier molecular flexibility index (Phi) is 3.43. The normalized spacial score (nSPS) is 10.1. The summed E-state index contributed by atoms with van der Waals surface area (Å²) in [4.78, 5) is 18.4. The summed E-state index contributed by atoms with van der Waals surface area (Å²) in [6.07, 6.45) is 1.20. The Morgan fingerprint density at radius 3 is 2.89 bits per heavy atom. The van der Waals surface area contributed by atoms with E-state index in [9.17, 15) is 4.79 Å². The second-order valence-electron chi connectivity index (χ2n) is 3.63. The minimum atomic E-state index is -1.09. The summed E-state index contributed by atoms with van der Waals surface area (Å²) >= 11 is 5.99. The Morgan fingerprint density at radius 2 is 2.17 bits per heavy atom. The Bertz CT molecular complexity index is 602. The number of carboxylic acids is 1. The van der Waals surface area contributed by atoms with Crippen molar-refractivity contribution in [3.63, 3.8) is 0 Å². The molecule has 0 saturated carbocycles. The highest BCUT2D eigenvalue weighted by atomic mass is 35.5. The maximum absolute atomic E-state index is 10.8. The van der Waals surface area contributed by atoms with Gasteiger partial charge in [-0.15, -0.1) is 0 Å². The van der Waals surface area contributed by atoms with Gasteiger partial charge in [-0.2, -0.15) is 0 Å². The number of nitrogens with one attached hydrogen (secondary N) is 1. The number of aromatic nitrogens is 2. The van der Waals surface area contributed by atoms with Crippen molar-refractivity contribution in [2.45, 2.75) is 6.92 Å². The summed E-state index contributed by atoms with van der Waals surface area (Å²) < 4.78 is 0. The zero-order valence-electron chi connectivity index (χ0n) is 9.51. The molecule has 6 heteroatoms. The van der Waals surface area contributed by atoms with E-state index in [1.807, 2.05) is 13.0 Å². The number of halogens is 1. The Hall–Kier alpha value is -2.14. The first-order valence-electron chi connectivity index (χ1n) is 5.15. The molecule has 2 N–H and O–H groups in total. The average Bonchev–Trinajstić information content (AvgIpc) is 2.35. The van der Waals surface area contributed by atoms with Crippen LogP contribution in [0, 0.1) is 6.92 Å². The fraction of sp³-hybridized carbons (Fsp3) is 0.0833. The van der Waals surface area contributed by atoms with Crippen LogP contribution in [0.4, 0.5) is 11.5 Å². The quantitative estimate of drug-likeness (QED) is 0.891. The van der Waals surface area contributed by atoms with Crippen molar-refractivity contribution < 1.29 is 9.90 Å². The van der Waals surface area contributed by atoms with Crippen molar-refractivity contribution in [3.05, 3.63) is 46.9 Å². The van der Waals surface area contributed by atoms with Gasteiger partial charge in [0.1, 0.15) is 12.1 Å². The second-order valence-corrected chi connectivity index (χ2v) is 4.04. The number of benzene rings is 1. The van der Waals surface area contributed by atoms with Gasteiger partial charge in [0.15, 0.2) is 5.69 Å². The van der Waals surface area contributed by atoms with Crippen molar-refractivity contribution in [2.24, 2.45) is 0 Å². The third-order valence-corrected chi connectivity index (χ3v) is 2.83. The van der Waals surface area contributed by atoms with E-state index in [2.05, 4.69) is 15.3 Å². The predicted molar refractivity (Wildman–Crippen MR) is 68.5 cm³/mol. The van der Waals surface area contributed by atoms with Crippen LogP contribution in [-0.2, 0) is 0 Å². The van der Waals surface area contributed by atoms with E-state index in [0.29, 0.717) is 10.8 Å². The highest BCUT2D eigenvalue weighted by Crippen LogP contribution is 2.25. The summed E-state index contributed by atoms with van der Waals surface area (Å²) in [6, 6.07) is 6.79. The first-order chi connectivity index (χ1) is 8.58. The van der Waals surface area contributed by atoms with Gasteiger partial charge in [0, 0.05) is 16.8 Å². The zero-order valence-corrected chi connectivity index (χ0v) is 10.3. The number of aromatic carboxylic acids is 1. The van der Waals surface area contributed by atoms with Gasteiger partial charge in [-0.05, 0) is 24.6 Å². The summed E-state index contributed by atoms with van der Waals surface area (Å²) in [5.74, 6) is -0.684. The first kappa shape index (κ1) is 12.3. The largest absolute Gasteiger partial charge is 0.477 e. The fourth-order valence-electron chi connectivity index (χ4n) is 1.42. The molecule has 2 aromatic rings.